The number of fused-ring (bicyclic) bond motifs is 2. The molecule has 5 heteroatoms. The Labute approximate surface area is 302 Å². The van der Waals surface area contributed by atoms with Gasteiger partial charge in [-0.05, 0) is 0 Å². The second-order valence-corrected chi connectivity index (χ2v) is 24.0. The van der Waals surface area contributed by atoms with Gasteiger partial charge in [0, 0.05) is 0 Å². The van der Waals surface area contributed by atoms with Crippen LogP contribution in [0.4, 0.5) is 0 Å². The molecule has 2 atom stereocenters. The topological polar surface area (TPSA) is 0 Å². The monoisotopic (exact) mass is 848 g/mol. The molecule has 0 aliphatic heterocycles. The zero-order valence-corrected chi connectivity index (χ0v) is 35.6. The van der Waals surface area contributed by atoms with Crippen LogP contribution in [-0.2, 0) is 22.9 Å². The van der Waals surface area contributed by atoms with Gasteiger partial charge in [-0.15, -0.1) is 0 Å². The van der Waals surface area contributed by atoms with Gasteiger partial charge >= 0.3 is 295 Å². The normalized spacial score (nSPS) is 16.3. The Hall–Kier alpha value is -0.490. The van der Waals surface area contributed by atoms with Gasteiger partial charge in [-0.2, -0.15) is 0 Å². The summed E-state index contributed by atoms with van der Waals surface area (Å²) in [6.45, 7) is 9.45. The van der Waals surface area contributed by atoms with Gasteiger partial charge < -0.3 is 9.41 Å². The number of halogens is 2. The van der Waals surface area contributed by atoms with Crippen molar-refractivity contribution in [1.82, 2.24) is 0 Å². The molecule has 0 fully saturated rings. The first-order valence-corrected chi connectivity index (χ1v) is 26.7. The minimum atomic E-state index is -1.17. The minimum absolute atomic E-state index is 0. The first kappa shape index (κ1) is 42.7. The third kappa shape index (κ3) is 13.0. The van der Waals surface area contributed by atoms with Crippen LogP contribution in [0.2, 0.25) is 0 Å². The van der Waals surface area contributed by atoms with Gasteiger partial charge in [-0.25, -0.2) is 0 Å². The van der Waals surface area contributed by atoms with E-state index in [9.17, 15) is 0 Å². The number of unbranched alkanes of at least 4 members (excludes halogenated alkanes) is 12. The van der Waals surface area contributed by atoms with E-state index in [-0.39, 0.29) is 25.3 Å². The van der Waals surface area contributed by atoms with Crippen molar-refractivity contribution in [3.63, 3.8) is 0 Å². The van der Waals surface area contributed by atoms with Crippen LogP contribution in [0.5, 0.6) is 0 Å². The fourth-order valence-electron chi connectivity index (χ4n) is 7.34. The summed E-state index contributed by atoms with van der Waals surface area (Å²) in [7, 11) is -0.0591. The molecule has 4 rings (SSSR count). The van der Waals surface area contributed by atoms with E-state index in [2.05, 4.69) is 88.4 Å². The molecular formula is C42H64F2HfP2. The molecular weight excluding hydrogens is 783 g/mol. The summed E-state index contributed by atoms with van der Waals surface area (Å²) in [6.07, 6.45) is 33.9. The van der Waals surface area contributed by atoms with E-state index in [1.54, 1.807) is 22.3 Å². The molecule has 0 bridgehead atoms. The van der Waals surface area contributed by atoms with Gasteiger partial charge in [0.1, 0.15) is 0 Å². The van der Waals surface area contributed by atoms with E-state index < -0.39 is 22.9 Å². The maximum atomic E-state index is 2.75. The Kier molecular flexibility index (Phi) is 22.4. The molecule has 2 aliphatic carbocycles. The molecule has 0 saturated carbocycles. The van der Waals surface area contributed by atoms with Crippen molar-refractivity contribution in [1.29, 1.82) is 0 Å². The molecule has 0 saturated heterocycles. The molecule has 2 unspecified atom stereocenters. The Bertz CT molecular complexity index is 1080. The van der Waals surface area contributed by atoms with Crippen molar-refractivity contribution in [2.45, 2.75) is 138 Å². The van der Waals surface area contributed by atoms with Gasteiger partial charge in [0.2, 0.25) is 0 Å². The Morgan fingerprint density at radius 1 is 0.447 bits per heavy atom. The standard InChI is InChI=1S/2C21H32P.2FH.Hf/c2*1-3-5-7-11-15-22(16-12-8-6-4-2)21-17-19-13-9-10-14-20(19)18-21;;;/h2*9-10,13-14,17-18H,3-8,11-12,15-16H2,1-2H3;2*1H;/q;;;;+2/p-2. The Morgan fingerprint density at radius 3 is 1.09 bits per heavy atom. The van der Waals surface area contributed by atoms with Gasteiger partial charge in [0.05, 0.1) is 0 Å². The Balaban J connectivity index is 0.00000384. The minimum Gasteiger partial charge on any atom is -1.00 e. The van der Waals surface area contributed by atoms with E-state index in [1.807, 2.05) is 10.6 Å². The summed E-state index contributed by atoms with van der Waals surface area (Å²) in [4.78, 5) is 0. The fourth-order valence-corrected chi connectivity index (χ4v) is 24.2. The van der Waals surface area contributed by atoms with Crippen LogP contribution in [-0.4, -0.2) is 24.6 Å². The van der Waals surface area contributed by atoms with Gasteiger partial charge in [-0.1, -0.05) is 0 Å². The number of rotatable bonds is 24. The second kappa shape index (κ2) is 24.6. The second-order valence-electron chi connectivity index (χ2n) is 13.6. The van der Waals surface area contributed by atoms with Crippen molar-refractivity contribution in [3.05, 3.63) is 81.4 Å². The van der Waals surface area contributed by atoms with Gasteiger partial charge in [0.15, 0.2) is 0 Å². The molecule has 0 spiro atoms. The summed E-state index contributed by atoms with van der Waals surface area (Å²) in [5.74, 6) is 0. The third-order valence-electron chi connectivity index (χ3n) is 10.0. The first-order valence-electron chi connectivity index (χ1n) is 19.1. The number of hydrogen-bond donors (Lipinski definition) is 0. The predicted octanol–water partition coefficient (Wildman–Crippen LogP) is 8.55. The maximum Gasteiger partial charge on any atom is -1.00 e. The van der Waals surface area contributed by atoms with Crippen LogP contribution in [0.15, 0.2) is 59.2 Å². The SMILES string of the molecule is CCCCCCP(CCCCCC)C1=Cc2ccccc2[CH]1[Hf+2][CH]1C(P(CCCCCC)CCCCCC)=Cc2ccccc21.[F-].[F-]. The van der Waals surface area contributed by atoms with E-state index in [1.165, 1.54) is 127 Å². The molecule has 0 heterocycles. The average molecular weight is 847 g/mol. The van der Waals surface area contributed by atoms with Gasteiger partial charge in [0.25, 0.3) is 0 Å². The van der Waals surface area contributed by atoms with Crippen LogP contribution in [0, 0.1) is 0 Å². The van der Waals surface area contributed by atoms with E-state index in [0.29, 0.717) is 0 Å². The molecule has 47 heavy (non-hydrogen) atoms. The molecule has 0 nitrogen and oxygen atoms in total. The summed E-state index contributed by atoms with van der Waals surface area (Å²) in [5, 5.41) is 3.89. The summed E-state index contributed by atoms with van der Waals surface area (Å²) >= 11 is -1.17. The van der Waals surface area contributed by atoms with Gasteiger partial charge in [-0.3, -0.25) is 0 Å². The van der Waals surface area contributed by atoms with E-state index in [4.69, 9.17) is 0 Å². The van der Waals surface area contributed by atoms with Crippen LogP contribution >= 0.6 is 15.8 Å². The maximum absolute atomic E-state index is 2.75. The van der Waals surface area contributed by atoms with Crippen LogP contribution in [0.1, 0.15) is 160 Å². The zero-order chi connectivity index (χ0) is 31.7. The van der Waals surface area contributed by atoms with Crippen molar-refractivity contribution in [2.24, 2.45) is 0 Å². The van der Waals surface area contributed by atoms with Crippen molar-refractivity contribution in [3.8, 4) is 0 Å². The van der Waals surface area contributed by atoms with Crippen molar-refractivity contribution >= 4 is 28.0 Å². The molecule has 2 aromatic carbocycles. The summed E-state index contributed by atoms with van der Waals surface area (Å²) < 4.78 is 1.59. The van der Waals surface area contributed by atoms with E-state index in [0.717, 1.165) is 7.35 Å². The van der Waals surface area contributed by atoms with Crippen molar-refractivity contribution < 1.29 is 32.3 Å². The largest absolute Gasteiger partial charge is 1.00 e. The molecule has 260 valence electrons. The van der Waals surface area contributed by atoms with E-state index >= 15 is 0 Å². The predicted molar refractivity (Wildman–Crippen MR) is 204 cm³/mol. The molecule has 0 N–H and O–H groups in total. The van der Waals surface area contributed by atoms with Crippen molar-refractivity contribution in [2.75, 3.05) is 24.6 Å². The molecule has 0 amide bonds. The van der Waals surface area contributed by atoms with Crippen LogP contribution in [0.25, 0.3) is 12.2 Å². The smallest absolute Gasteiger partial charge is 1.00 e. The third-order valence-corrected chi connectivity index (χ3v) is 24.3. The quantitative estimate of drug-likeness (QED) is 0.0565. The zero-order valence-electron chi connectivity index (χ0n) is 30.2. The summed E-state index contributed by atoms with van der Waals surface area (Å²) in [6, 6.07) is 19.3. The molecule has 2 aliphatic rings. The average Bonchev–Trinajstić information content (AvgIpc) is 3.62. The van der Waals surface area contributed by atoms with Crippen LogP contribution < -0.4 is 9.41 Å². The Morgan fingerprint density at radius 2 is 0.766 bits per heavy atom. The number of allylic oxidation sites excluding steroid dienone is 2. The molecule has 2 aromatic rings. The molecule has 0 radical (unpaired) electrons. The molecule has 0 aromatic heterocycles. The van der Waals surface area contributed by atoms with Crippen LogP contribution in [0.3, 0.4) is 0 Å². The number of hydrogen-bond acceptors (Lipinski definition) is 0. The number of benzene rings is 2. The fraction of sp³-hybridized carbons (Fsp3) is 0.619. The summed E-state index contributed by atoms with van der Waals surface area (Å²) in [5.41, 5.74) is 6.62. The first-order chi connectivity index (χ1) is 22.2.